The molecule has 0 bridgehead atoms. The maximum Gasteiger partial charge on any atom is 0.210 e. The Bertz CT molecular complexity index is 1060. The number of imidazole rings is 1. The van der Waals surface area contributed by atoms with E-state index in [4.69, 9.17) is 23.2 Å². The number of aryl methyl sites for hydroxylation is 1. The number of anilines is 2. The molecule has 0 spiro atoms. The molecule has 0 unspecified atom stereocenters. The number of para-hydroxylation sites is 1. The molecule has 0 fully saturated rings. The third kappa shape index (κ3) is 3.40. The van der Waals surface area contributed by atoms with E-state index in [0.29, 0.717) is 16.6 Å². The molecule has 2 aromatic heterocycles. The topological polar surface area (TPSA) is 55.6 Å². The van der Waals surface area contributed by atoms with Gasteiger partial charge < -0.3 is 9.88 Å². The molecule has 4 rings (SSSR count). The van der Waals surface area contributed by atoms with E-state index in [2.05, 4.69) is 32.0 Å². The number of hydrogen-bond acceptors (Lipinski definition) is 5. The van der Waals surface area contributed by atoms with Crippen LogP contribution in [-0.4, -0.2) is 19.7 Å². The van der Waals surface area contributed by atoms with Crippen molar-refractivity contribution in [2.45, 2.75) is 19.9 Å². The van der Waals surface area contributed by atoms with Crippen molar-refractivity contribution in [2.75, 3.05) is 5.32 Å². The first-order valence-corrected chi connectivity index (χ1v) is 9.70. The summed E-state index contributed by atoms with van der Waals surface area (Å²) in [5, 5.41) is 14.5. The third-order valence-corrected chi connectivity index (χ3v) is 5.52. The summed E-state index contributed by atoms with van der Waals surface area (Å²) in [4.78, 5) is 4.66. The zero-order chi connectivity index (χ0) is 18.1. The van der Waals surface area contributed by atoms with Gasteiger partial charge in [0.25, 0.3) is 0 Å². The van der Waals surface area contributed by atoms with Crippen molar-refractivity contribution < 1.29 is 0 Å². The maximum atomic E-state index is 6.20. The number of fused-ring (bicyclic) bond motifs is 1. The number of aromatic nitrogens is 4. The van der Waals surface area contributed by atoms with Crippen molar-refractivity contribution in [3.8, 4) is 0 Å². The van der Waals surface area contributed by atoms with Gasteiger partial charge in [0.2, 0.25) is 5.13 Å². The molecule has 26 heavy (non-hydrogen) atoms. The summed E-state index contributed by atoms with van der Waals surface area (Å²) >= 11 is 13.8. The van der Waals surface area contributed by atoms with Gasteiger partial charge in [-0.25, -0.2) is 4.98 Å². The fourth-order valence-electron chi connectivity index (χ4n) is 2.76. The molecule has 0 aliphatic heterocycles. The Labute approximate surface area is 164 Å². The second-order valence-electron chi connectivity index (χ2n) is 5.71. The summed E-state index contributed by atoms with van der Waals surface area (Å²) in [6.07, 6.45) is 0.803. The van der Waals surface area contributed by atoms with Crippen LogP contribution in [0.15, 0.2) is 42.5 Å². The van der Waals surface area contributed by atoms with E-state index < -0.39 is 0 Å². The largest absolute Gasteiger partial charge is 0.330 e. The molecule has 2 aromatic carbocycles. The Kier molecular flexibility index (Phi) is 4.80. The second-order valence-corrected chi connectivity index (χ2v) is 7.59. The molecule has 132 valence electrons. The SMILES string of the molecule is CCc1nc2cc(Cl)c(Cl)cc2n1Cc1nnc(Nc2ccccc2)s1. The van der Waals surface area contributed by atoms with Crippen LogP contribution in [0.1, 0.15) is 17.8 Å². The first-order chi connectivity index (χ1) is 12.6. The molecule has 0 saturated carbocycles. The van der Waals surface area contributed by atoms with E-state index in [1.165, 1.54) is 11.3 Å². The van der Waals surface area contributed by atoms with E-state index in [1.807, 2.05) is 36.4 Å². The molecule has 0 aliphatic rings. The Morgan fingerprint density at radius 1 is 1.08 bits per heavy atom. The van der Waals surface area contributed by atoms with Gasteiger partial charge in [-0.05, 0) is 24.3 Å². The van der Waals surface area contributed by atoms with Crippen molar-refractivity contribution in [3.05, 3.63) is 63.3 Å². The van der Waals surface area contributed by atoms with E-state index >= 15 is 0 Å². The normalized spacial score (nSPS) is 11.2. The first kappa shape index (κ1) is 17.3. The van der Waals surface area contributed by atoms with Crippen molar-refractivity contribution in [1.82, 2.24) is 19.7 Å². The lowest BCUT2D eigenvalue weighted by atomic mass is 10.3. The van der Waals surface area contributed by atoms with Gasteiger partial charge in [0.05, 0.1) is 27.6 Å². The highest BCUT2D eigenvalue weighted by Gasteiger charge is 2.14. The van der Waals surface area contributed by atoms with E-state index in [-0.39, 0.29) is 0 Å². The molecule has 1 N–H and O–H groups in total. The highest BCUT2D eigenvalue weighted by molar-refractivity contribution is 7.15. The maximum absolute atomic E-state index is 6.20. The zero-order valence-corrected chi connectivity index (χ0v) is 16.2. The average molecular weight is 404 g/mol. The lowest BCUT2D eigenvalue weighted by Gasteiger charge is -2.06. The molecule has 0 amide bonds. The van der Waals surface area contributed by atoms with Crippen molar-refractivity contribution in [3.63, 3.8) is 0 Å². The van der Waals surface area contributed by atoms with Gasteiger partial charge in [-0.2, -0.15) is 0 Å². The number of rotatable bonds is 5. The van der Waals surface area contributed by atoms with Gasteiger partial charge in [-0.3, -0.25) is 0 Å². The number of nitrogens with zero attached hydrogens (tertiary/aromatic N) is 4. The standard InChI is InChI=1S/C18H15Cl2N5S/c1-2-16-22-14-8-12(19)13(20)9-15(14)25(16)10-17-23-24-18(26-17)21-11-6-4-3-5-7-11/h3-9H,2,10H2,1H3,(H,21,24). The molecular formula is C18H15Cl2N5S. The van der Waals surface area contributed by atoms with Crippen LogP contribution in [0.2, 0.25) is 10.0 Å². The minimum Gasteiger partial charge on any atom is -0.330 e. The second kappa shape index (κ2) is 7.23. The summed E-state index contributed by atoms with van der Waals surface area (Å²) in [7, 11) is 0. The Balaban J connectivity index is 1.64. The van der Waals surface area contributed by atoms with Gasteiger partial charge >= 0.3 is 0 Å². The third-order valence-electron chi connectivity index (χ3n) is 3.97. The lowest BCUT2D eigenvalue weighted by molar-refractivity contribution is 0.740. The molecular weight excluding hydrogens is 389 g/mol. The fraction of sp³-hybridized carbons (Fsp3) is 0.167. The smallest absolute Gasteiger partial charge is 0.210 e. The monoisotopic (exact) mass is 403 g/mol. The molecule has 8 heteroatoms. The van der Waals surface area contributed by atoms with Gasteiger partial charge in [0.15, 0.2) is 0 Å². The van der Waals surface area contributed by atoms with E-state index in [1.54, 1.807) is 6.07 Å². The number of hydrogen-bond donors (Lipinski definition) is 1. The number of benzene rings is 2. The van der Waals surface area contributed by atoms with Crippen molar-refractivity contribution in [1.29, 1.82) is 0 Å². The fourth-order valence-corrected chi connectivity index (χ4v) is 3.83. The van der Waals surface area contributed by atoms with Gasteiger partial charge in [-0.1, -0.05) is 59.7 Å². The van der Waals surface area contributed by atoms with Crippen molar-refractivity contribution in [2.24, 2.45) is 0 Å². The van der Waals surface area contributed by atoms with Crippen LogP contribution in [0, 0.1) is 0 Å². The quantitative estimate of drug-likeness (QED) is 0.474. The highest BCUT2D eigenvalue weighted by Crippen LogP contribution is 2.30. The van der Waals surface area contributed by atoms with E-state index in [0.717, 1.165) is 39.1 Å². The Morgan fingerprint density at radius 2 is 1.85 bits per heavy atom. The molecule has 0 aliphatic carbocycles. The average Bonchev–Trinajstić information content (AvgIpc) is 3.21. The van der Waals surface area contributed by atoms with Gasteiger partial charge in [0, 0.05) is 12.1 Å². The molecule has 0 radical (unpaired) electrons. The predicted molar refractivity (Wildman–Crippen MR) is 108 cm³/mol. The first-order valence-electron chi connectivity index (χ1n) is 8.12. The molecule has 0 saturated heterocycles. The van der Waals surface area contributed by atoms with Crippen molar-refractivity contribution >= 4 is 56.4 Å². The minimum absolute atomic E-state index is 0.511. The van der Waals surface area contributed by atoms with Crippen LogP contribution in [0.5, 0.6) is 0 Å². The minimum atomic E-state index is 0.511. The Hall–Kier alpha value is -2.15. The number of nitrogens with one attached hydrogen (secondary N) is 1. The van der Waals surface area contributed by atoms with Crippen LogP contribution < -0.4 is 5.32 Å². The predicted octanol–water partition coefficient (Wildman–Crippen LogP) is 5.55. The zero-order valence-electron chi connectivity index (χ0n) is 13.9. The summed E-state index contributed by atoms with van der Waals surface area (Å²) < 4.78 is 2.12. The molecule has 0 atom stereocenters. The molecule has 4 aromatic rings. The van der Waals surface area contributed by atoms with Crippen LogP contribution >= 0.6 is 34.5 Å². The van der Waals surface area contributed by atoms with Crippen LogP contribution in [0.25, 0.3) is 11.0 Å². The Morgan fingerprint density at radius 3 is 2.62 bits per heavy atom. The lowest BCUT2D eigenvalue weighted by Crippen LogP contribution is -2.04. The molecule has 2 heterocycles. The van der Waals surface area contributed by atoms with Crippen LogP contribution in [0.4, 0.5) is 10.8 Å². The summed E-state index contributed by atoms with van der Waals surface area (Å²) in [6, 6.07) is 13.6. The summed E-state index contributed by atoms with van der Waals surface area (Å²) in [6.45, 7) is 2.66. The van der Waals surface area contributed by atoms with Crippen LogP contribution in [0.3, 0.4) is 0 Å². The molecule has 5 nitrogen and oxygen atoms in total. The summed E-state index contributed by atoms with van der Waals surface area (Å²) in [5.74, 6) is 0.964. The van der Waals surface area contributed by atoms with Gasteiger partial charge in [-0.15, -0.1) is 10.2 Å². The van der Waals surface area contributed by atoms with Gasteiger partial charge in [0.1, 0.15) is 10.8 Å². The highest BCUT2D eigenvalue weighted by atomic mass is 35.5. The number of halogens is 2. The van der Waals surface area contributed by atoms with Crippen LogP contribution in [-0.2, 0) is 13.0 Å². The summed E-state index contributed by atoms with van der Waals surface area (Å²) in [5.41, 5.74) is 2.77. The van der Waals surface area contributed by atoms with E-state index in [9.17, 15) is 0 Å².